The van der Waals surface area contributed by atoms with E-state index in [4.69, 9.17) is 10.5 Å². The lowest BCUT2D eigenvalue weighted by Gasteiger charge is -2.21. The number of nitrogens with zero attached hydrogens (tertiary/aromatic N) is 1. The molecule has 1 atom stereocenters. The maximum absolute atomic E-state index is 5.91. The highest BCUT2D eigenvalue weighted by molar-refractivity contribution is 5.89. The van der Waals surface area contributed by atoms with E-state index in [1.54, 1.807) is 0 Å². The first kappa shape index (κ1) is 28.8. The predicted molar refractivity (Wildman–Crippen MR) is 144 cm³/mol. The van der Waals surface area contributed by atoms with Crippen LogP contribution in [0.4, 0.5) is 5.69 Å². The van der Waals surface area contributed by atoms with E-state index in [-0.39, 0.29) is 43.3 Å². The second-order valence-corrected chi connectivity index (χ2v) is 7.61. The molecule has 0 aromatic heterocycles. The van der Waals surface area contributed by atoms with E-state index < -0.39 is 0 Å². The predicted octanol–water partition coefficient (Wildman–Crippen LogP) is 5.30. The van der Waals surface area contributed by atoms with Crippen molar-refractivity contribution in [2.45, 2.75) is 39.2 Å². The second kappa shape index (κ2) is 14.1. The molecule has 0 saturated heterocycles. The van der Waals surface area contributed by atoms with Crippen molar-refractivity contribution in [1.29, 1.82) is 0 Å². The second-order valence-electron chi connectivity index (χ2n) is 7.61. The number of benzene rings is 3. The lowest BCUT2D eigenvalue weighted by molar-refractivity contribution is 0.281. The summed E-state index contributed by atoms with van der Waals surface area (Å²) in [6, 6.07) is 25.2. The summed E-state index contributed by atoms with van der Waals surface area (Å²) in [7, 11) is 0. The van der Waals surface area contributed by atoms with Crippen LogP contribution in [0.1, 0.15) is 29.2 Å². The van der Waals surface area contributed by atoms with Crippen molar-refractivity contribution < 1.29 is 4.74 Å². The molecule has 1 unspecified atom stereocenters. The first-order valence-corrected chi connectivity index (χ1v) is 10.3. The van der Waals surface area contributed by atoms with Gasteiger partial charge in [0.1, 0.15) is 17.3 Å². The molecule has 3 aromatic rings. The summed E-state index contributed by atoms with van der Waals surface area (Å²) in [5, 5.41) is 7.02. The van der Waals surface area contributed by atoms with Gasteiger partial charge in [0.05, 0.1) is 0 Å². The van der Waals surface area contributed by atoms with E-state index >= 15 is 0 Å². The van der Waals surface area contributed by atoms with Crippen molar-refractivity contribution >= 4 is 48.7 Å². The molecule has 5 nitrogen and oxygen atoms in total. The highest BCUT2D eigenvalue weighted by Crippen LogP contribution is 2.32. The van der Waals surface area contributed by atoms with Gasteiger partial charge in [0.25, 0.3) is 0 Å². The standard InChI is InChI=1S/C25H28N4O.3ClH/c1-18-25(26)29-23-13-22(10-11-24(23)30-18)17-28-16-21-9-5-8-20(12-21)15-27-14-19-6-3-2-4-7-19;;;/h2-13,18,27-28H,14-17H2,1H3,(H2,26,29);3*1H. The maximum atomic E-state index is 5.91. The van der Waals surface area contributed by atoms with Crippen LogP contribution in [-0.4, -0.2) is 11.9 Å². The molecule has 4 N–H and O–H groups in total. The number of hydrogen-bond donors (Lipinski definition) is 3. The van der Waals surface area contributed by atoms with Crippen LogP contribution in [0.5, 0.6) is 5.75 Å². The van der Waals surface area contributed by atoms with Crippen molar-refractivity contribution in [3.05, 3.63) is 95.1 Å². The maximum Gasteiger partial charge on any atom is 0.153 e. The van der Waals surface area contributed by atoms with E-state index in [0.717, 1.165) is 43.2 Å². The minimum atomic E-state index is -0.170. The highest BCUT2D eigenvalue weighted by Gasteiger charge is 2.18. The van der Waals surface area contributed by atoms with E-state index in [2.05, 4.69) is 70.2 Å². The fourth-order valence-corrected chi connectivity index (χ4v) is 3.49. The van der Waals surface area contributed by atoms with Crippen LogP contribution in [0.3, 0.4) is 0 Å². The number of hydrogen-bond acceptors (Lipinski definition) is 5. The zero-order valence-corrected chi connectivity index (χ0v) is 20.9. The fraction of sp³-hybridized carbons (Fsp3) is 0.240. The molecule has 0 radical (unpaired) electrons. The topological polar surface area (TPSA) is 71.7 Å². The van der Waals surface area contributed by atoms with Crippen LogP contribution < -0.4 is 21.1 Å². The number of fused-ring (bicyclic) bond motifs is 1. The Labute approximate surface area is 214 Å². The molecule has 8 heteroatoms. The zero-order valence-electron chi connectivity index (χ0n) is 18.5. The molecule has 1 aliphatic heterocycles. The third-order valence-electron chi connectivity index (χ3n) is 5.14. The van der Waals surface area contributed by atoms with Gasteiger partial charge in [0.2, 0.25) is 0 Å². The minimum Gasteiger partial charge on any atom is -0.481 e. The SMILES string of the molecule is CC1Oc2ccc(CNCc3cccc(CNCc4ccccc4)c3)cc2N=C1N.Cl.Cl.Cl. The van der Waals surface area contributed by atoms with Crippen LogP contribution in [-0.2, 0) is 26.2 Å². The zero-order chi connectivity index (χ0) is 20.8. The van der Waals surface area contributed by atoms with Crippen LogP contribution in [0.25, 0.3) is 0 Å². The summed E-state index contributed by atoms with van der Waals surface area (Å²) >= 11 is 0. The Bertz CT molecular complexity index is 1030. The first-order valence-electron chi connectivity index (χ1n) is 10.3. The molecule has 1 heterocycles. The van der Waals surface area contributed by atoms with Crippen LogP contribution >= 0.6 is 37.2 Å². The van der Waals surface area contributed by atoms with Gasteiger partial charge >= 0.3 is 0 Å². The van der Waals surface area contributed by atoms with Crippen LogP contribution in [0.15, 0.2) is 77.8 Å². The summed E-state index contributed by atoms with van der Waals surface area (Å²) in [6.45, 7) is 5.20. The van der Waals surface area contributed by atoms with Gasteiger partial charge in [-0.3, -0.25) is 0 Å². The number of nitrogens with two attached hydrogens (primary N) is 1. The van der Waals surface area contributed by atoms with Crippen molar-refractivity contribution in [2.75, 3.05) is 0 Å². The van der Waals surface area contributed by atoms with Gasteiger partial charge < -0.3 is 21.1 Å². The Hall–Kier alpha value is -2.28. The highest BCUT2D eigenvalue weighted by atomic mass is 35.5. The summed E-state index contributed by atoms with van der Waals surface area (Å²) in [5.41, 5.74) is 11.7. The van der Waals surface area contributed by atoms with E-state index in [1.807, 2.05) is 25.1 Å². The minimum absolute atomic E-state index is 0. The molecule has 0 bridgehead atoms. The van der Waals surface area contributed by atoms with Crippen LogP contribution in [0, 0.1) is 0 Å². The van der Waals surface area contributed by atoms with Crippen LogP contribution in [0.2, 0.25) is 0 Å². The molecule has 33 heavy (non-hydrogen) atoms. The normalized spacial score (nSPS) is 13.8. The molecular weight excluding hydrogens is 479 g/mol. The molecule has 0 saturated carbocycles. The smallest absolute Gasteiger partial charge is 0.153 e. The summed E-state index contributed by atoms with van der Waals surface area (Å²) in [4.78, 5) is 4.45. The van der Waals surface area contributed by atoms with Gasteiger partial charge in [-0.2, -0.15) is 0 Å². The Balaban J connectivity index is 0.00000181. The lowest BCUT2D eigenvalue weighted by atomic mass is 10.1. The quantitative estimate of drug-likeness (QED) is 0.385. The molecule has 0 aliphatic carbocycles. The van der Waals surface area contributed by atoms with Gasteiger partial charge in [-0.25, -0.2) is 4.99 Å². The summed E-state index contributed by atoms with van der Waals surface area (Å²) in [5.74, 6) is 1.31. The number of ether oxygens (including phenoxy) is 1. The first-order chi connectivity index (χ1) is 14.7. The van der Waals surface area contributed by atoms with Crippen molar-refractivity contribution in [3.8, 4) is 5.75 Å². The number of nitrogens with one attached hydrogen (secondary N) is 2. The van der Waals surface area contributed by atoms with Gasteiger partial charge in [-0.1, -0.05) is 60.7 Å². The van der Waals surface area contributed by atoms with Gasteiger partial charge in [0, 0.05) is 26.2 Å². The third-order valence-corrected chi connectivity index (χ3v) is 5.14. The number of rotatable bonds is 8. The largest absolute Gasteiger partial charge is 0.481 e. The van der Waals surface area contributed by atoms with Crippen molar-refractivity contribution in [3.63, 3.8) is 0 Å². The summed E-state index contributed by atoms with van der Waals surface area (Å²) in [6.07, 6.45) is -0.170. The molecule has 3 aromatic carbocycles. The van der Waals surface area contributed by atoms with E-state index in [9.17, 15) is 0 Å². The number of halogens is 3. The van der Waals surface area contributed by atoms with Crippen molar-refractivity contribution in [2.24, 2.45) is 10.7 Å². The monoisotopic (exact) mass is 508 g/mol. The lowest BCUT2D eigenvalue weighted by Crippen LogP contribution is -2.33. The van der Waals surface area contributed by atoms with Gasteiger partial charge in [0.15, 0.2) is 6.10 Å². The number of aliphatic imine (C=N–C) groups is 1. The Morgan fingerprint density at radius 3 is 1.91 bits per heavy atom. The summed E-state index contributed by atoms with van der Waals surface area (Å²) < 4.78 is 5.76. The van der Waals surface area contributed by atoms with E-state index in [1.165, 1.54) is 16.7 Å². The molecule has 1 aliphatic rings. The molecular formula is C25H31Cl3N4O. The molecule has 4 rings (SSSR count). The Morgan fingerprint density at radius 1 is 0.727 bits per heavy atom. The third kappa shape index (κ3) is 8.22. The fourth-order valence-electron chi connectivity index (χ4n) is 3.49. The Kier molecular flexibility index (Phi) is 12.3. The molecule has 0 spiro atoms. The van der Waals surface area contributed by atoms with Gasteiger partial charge in [-0.15, -0.1) is 37.2 Å². The molecule has 0 amide bonds. The average molecular weight is 510 g/mol. The number of amidine groups is 1. The molecule has 0 fully saturated rings. The molecule has 178 valence electrons. The Morgan fingerprint density at radius 2 is 1.27 bits per heavy atom. The average Bonchev–Trinajstić information content (AvgIpc) is 2.76. The van der Waals surface area contributed by atoms with E-state index in [0.29, 0.717) is 5.84 Å². The van der Waals surface area contributed by atoms with Crippen molar-refractivity contribution in [1.82, 2.24) is 10.6 Å². The van der Waals surface area contributed by atoms with Gasteiger partial charge in [-0.05, 0) is 41.3 Å².